The van der Waals surface area contributed by atoms with Crippen LogP contribution in [0, 0.1) is 13.8 Å². The van der Waals surface area contributed by atoms with Gasteiger partial charge in [0.2, 0.25) is 0 Å². The molecule has 1 aliphatic heterocycles. The highest BCUT2D eigenvalue weighted by Crippen LogP contribution is 2.33. The van der Waals surface area contributed by atoms with Crippen LogP contribution >= 0.6 is 22.9 Å². The number of aryl methyl sites for hydroxylation is 2. The summed E-state index contributed by atoms with van der Waals surface area (Å²) in [4.78, 5) is 31.0. The summed E-state index contributed by atoms with van der Waals surface area (Å²) >= 11 is 7.49. The van der Waals surface area contributed by atoms with Gasteiger partial charge in [0.25, 0.3) is 11.7 Å². The van der Waals surface area contributed by atoms with Crippen molar-refractivity contribution in [2.75, 3.05) is 4.90 Å². The van der Waals surface area contributed by atoms with Crippen molar-refractivity contribution in [3.63, 3.8) is 0 Å². The van der Waals surface area contributed by atoms with E-state index in [1.807, 2.05) is 13.8 Å². The molecule has 1 aliphatic rings. The van der Waals surface area contributed by atoms with Crippen LogP contribution in [0.15, 0.2) is 18.2 Å². The fourth-order valence-corrected chi connectivity index (χ4v) is 3.26. The molecule has 2 heterocycles. The van der Waals surface area contributed by atoms with Gasteiger partial charge in [-0.05, 0) is 32.0 Å². The second kappa shape index (κ2) is 4.68. The number of anilines is 1. The molecule has 1 aromatic heterocycles. The third-order valence-electron chi connectivity index (χ3n) is 3.30. The Balaban J connectivity index is 2.00. The Labute approximate surface area is 125 Å². The van der Waals surface area contributed by atoms with E-state index in [2.05, 4.69) is 4.98 Å². The summed E-state index contributed by atoms with van der Waals surface area (Å²) in [6.45, 7) is 4.21. The minimum atomic E-state index is -0.521. The van der Waals surface area contributed by atoms with Gasteiger partial charge in [-0.2, -0.15) is 0 Å². The Morgan fingerprint density at radius 1 is 1.30 bits per heavy atom. The number of carbonyl (C=O) groups is 2. The van der Waals surface area contributed by atoms with Gasteiger partial charge < -0.3 is 0 Å². The highest BCUT2D eigenvalue weighted by Gasteiger charge is 2.36. The maximum atomic E-state index is 12.1. The molecule has 0 bridgehead atoms. The third kappa shape index (κ3) is 2.03. The molecule has 0 fully saturated rings. The maximum absolute atomic E-state index is 12.1. The molecule has 0 saturated heterocycles. The zero-order valence-corrected chi connectivity index (χ0v) is 12.5. The Kier molecular flexibility index (Phi) is 3.11. The Morgan fingerprint density at radius 2 is 2.05 bits per heavy atom. The topological polar surface area (TPSA) is 50.3 Å². The fourth-order valence-electron chi connectivity index (χ4n) is 2.17. The predicted molar refractivity (Wildman–Crippen MR) is 78.6 cm³/mol. The number of hydrogen-bond donors (Lipinski definition) is 0. The van der Waals surface area contributed by atoms with Crippen LogP contribution < -0.4 is 4.90 Å². The zero-order valence-electron chi connectivity index (χ0n) is 10.9. The molecular weight excluding hydrogens is 296 g/mol. The first-order valence-corrected chi connectivity index (χ1v) is 7.25. The molecule has 20 heavy (non-hydrogen) atoms. The lowest BCUT2D eigenvalue weighted by molar-refractivity contribution is -0.114. The lowest BCUT2D eigenvalue weighted by Crippen LogP contribution is -2.29. The third-order valence-corrected chi connectivity index (χ3v) is 4.59. The number of carbonyl (C=O) groups excluding carboxylic acids is 2. The SMILES string of the molecule is Cc1nc(CN2C(=O)C(=O)c3ccc(Cl)cc32)sc1C. The minimum Gasteiger partial charge on any atom is -0.298 e. The van der Waals surface area contributed by atoms with Crippen molar-refractivity contribution in [3.8, 4) is 0 Å². The lowest BCUT2D eigenvalue weighted by Gasteiger charge is -2.14. The summed E-state index contributed by atoms with van der Waals surface area (Å²) in [7, 11) is 0. The van der Waals surface area contributed by atoms with E-state index in [9.17, 15) is 9.59 Å². The molecule has 1 aromatic carbocycles. The van der Waals surface area contributed by atoms with Gasteiger partial charge in [-0.25, -0.2) is 4.98 Å². The first-order valence-electron chi connectivity index (χ1n) is 6.06. The molecule has 2 aromatic rings. The number of rotatable bonds is 2. The summed E-state index contributed by atoms with van der Waals surface area (Å²) in [5.41, 5.74) is 1.93. The summed E-state index contributed by atoms with van der Waals surface area (Å²) in [6, 6.07) is 4.86. The average molecular weight is 307 g/mol. The molecule has 102 valence electrons. The quantitative estimate of drug-likeness (QED) is 0.801. The molecule has 0 N–H and O–H groups in total. The van der Waals surface area contributed by atoms with E-state index in [0.29, 0.717) is 22.8 Å². The average Bonchev–Trinajstić information content (AvgIpc) is 2.83. The standard InChI is InChI=1S/C14H11ClN2O2S/c1-7-8(2)20-12(16-7)6-17-11-5-9(15)3-4-10(11)13(18)14(17)19/h3-5H,6H2,1-2H3. The van der Waals surface area contributed by atoms with Crippen molar-refractivity contribution in [2.45, 2.75) is 20.4 Å². The summed E-state index contributed by atoms with van der Waals surface area (Å²) in [5.74, 6) is -1.01. The van der Waals surface area contributed by atoms with E-state index in [-0.39, 0.29) is 0 Å². The van der Waals surface area contributed by atoms with Gasteiger partial charge in [0.1, 0.15) is 5.01 Å². The normalized spacial score (nSPS) is 14.1. The van der Waals surface area contributed by atoms with E-state index in [1.54, 1.807) is 18.2 Å². The highest BCUT2D eigenvalue weighted by atomic mass is 35.5. The molecule has 0 saturated carbocycles. The molecule has 0 atom stereocenters. The smallest absolute Gasteiger partial charge is 0.298 e. The zero-order chi connectivity index (χ0) is 14.4. The van der Waals surface area contributed by atoms with Crippen molar-refractivity contribution in [1.29, 1.82) is 0 Å². The molecule has 0 aliphatic carbocycles. The summed E-state index contributed by atoms with van der Waals surface area (Å²) in [5, 5.41) is 1.32. The fraction of sp³-hybridized carbons (Fsp3) is 0.214. The number of fused-ring (bicyclic) bond motifs is 1. The molecule has 6 heteroatoms. The Morgan fingerprint density at radius 3 is 2.70 bits per heavy atom. The molecule has 0 unspecified atom stereocenters. The second-order valence-electron chi connectivity index (χ2n) is 4.63. The number of amides is 1. The number of aromatic nitrogens is 1. The molecule has 3 rings (SSSR count). The van der Waals surface area contributed by atoms with Crippen molar-refractivity contribution in [2.24, 2.45) is 0 Å². The van der Waals surface area contributed by atoms with Crippen LogP contribution in [0.1, 0.15) is 25.9 Å². The molecule has 0 radical (unpaired) electrons. The van der Waals surface area contributed by atoms with E-state index in [0.717, 1.165) is 15.6 Å². The van der Waals surface area contributed by atoms with Crippen LogP contribution in [0.2, 0.25) is 5.02 Å². The van der Waals surface area contributed by atoms with Crippen LogP contribution in [0.25, 0.3) is 0 Å². The number of Topliss-reactive ketones (excluding diaryl/α,β-unsaturated/α-hetero) is 1. The molecule has 1 amide bonds. The summed E-state index contributed by atoms with van der Waals surface area (Å²) in [6.07, 6.45) is 0. The van der Waals surface area contributed by atoms with Gasteiger partial charge in [-0.15, -0.1) is 11.3 Å². The van der Waals surface area contributed by atoms with Gasteiger partial charge in [0.05, 0.1) is 23.5 Å². The molecule has 4 nitrogen and oxygen atoms in total. The van der Waals surface area contributed by atoms with Crippen LogP contribution in [0.5, 0.6) is 0 Å². The van der Waals surface area contributed by atoms with Gasteiger partial charge in [0.15, 0.2) is 0 Å². The molecule has 0 spiro atoms. The van der Waals surface area contributed by atoms with E-state index < -0.39 is 11.7 Å². The number of halogens is 1. The number of benzene rings is 1. The van der Waals surface area contributed by atoms with Gasteiger partial charge in [0, 0.05) is 9.90 Å². The Hall–Kier alpha value is -1.72. The largest absolute Gasteiger partial charge is 0.299 e. The Bertz CT molecular complexity index is 719. The van der Waals surface area contributed by atoms with Crippen LogP contribution in [-0.4, -0.2) is 16.7 Å². The highest BCUT2D eigenvalue weighted by molar-refractivity contribution is 7.11. The summed E-state index contributed by atoms with van der Waals surface area (Å²) < 4.78 is 0. The maximum Gasteiger partial charge on any atom is 0.299 e. The van der Waals surface area contributed by atoms with Crippen molar-refractivity contribution >= 4 is 40.3 Å². The minimum absolute atomic E-state index is 0.303. The lowest BCUT2D eigenvalue weighted by atomic mass is 10.1. The number of nitrogens with zero attached hydrogens (tertiary/aromatic N) is 2. The van der Waals surface area contributed by atoms with Crippen LogP contribution in [-0.2, 0) is 11.3 Å². The van der Waals surface area contributed by atoms with Crippen molar-refractivity contribution in [1.82, 2.24) is 4.98 Å². The van der Waals surface area contributed by atoms with Crippen molar-refractivity contribution in [3.05, 3.63) is 44.4 Å². The number of ketones is 1. The van der Waals surface area contributed by atoms with Gasteiger partial charge >= 0.3 is 0 Å². The van der Waals surface area contributed by atoms with E-state index >= 15 is 0 Å². The first-order chi connectivity index (χ1) is 9.47. The monoisotopic (exact) mass is 306 g/mol. The van der Waals surface area contributed by atoms with E-state index in [1.165, 1.54) is 16.2 Å². The van der Waals surface area contributed by atoms with E-state index in [4.69, 9.17) is 11.6 Å². The van der Waals surface area contributed by atoms with Crippen LogP contribution in [0.3, 0.4) is 0 Å². The predicted octanol–water partition coefficient (Wildman–Crippen LogP) is 3.14. The first kappa shape index (κ1) is 13.3. The number of hydrogen-bond acceptors (Lipinski definition) is 4. The molecular formula is C14H11ClN2O2S. The number of thiazole rings is 1. The van der Waals surface area contributed by atoms with Gasteiger partial charge in [-0.3, -0.25) is 14.5 Å². The second-order valence-corrected chi connectivity index (χ2v) is 6.36. The van der Waals surface area contributed by atoms with Crippen LogP contribution in [0.4, 0.5) is 5.69 Å². The van der Waals surface area contributed by atoms with Crippen molar-refractivity contribution < 1.29 is 9.59 Å². The van der Waals surface area contributed by atoms with Gasteiger partial charge in [-0.1, -0.05) is 11.6 Å².